The van der Waals surface area contributed by atoms with Gasteiger partial charge in [0.15, 0.2) is 6.10 Å². The fourth-order valence-electron chi connectivity index (χ4n) is 6.94. The lowest BCUT2D eigenvalue weighted by Gasteiger charge is -2.41. The first-order valence-electron chi connectivity index (χ1n) is 23.5. The van der Waals surface area contributed by atoms with Crippen LogP contribution >= 0.6 is 7.82 Å². The summed E-state index contributed by atoms with van der Waals surface area (Å²) in [6.45, 7) is 3.16. The highest BCUT2D eigenvalue weighted by molar-refractivity contribution is 7.47. The Hall–Kier alpha value is -2.19. The van der Waals surface area contributed by atoms with Gasteiger partial charge in [-0.1, -0.05) is 172 Å². The maximum atomic E-state index is 12.8. The average Bonchev–Trinajstić information content (AvgIpc) is 3.24. The van der Waals surface area contributed by atoms with Crippen molar-refractivity contribution >= 4 is 19.8 Å². The van der Waals surface area contributed by atoms with Crippen molar-refractivity contribution in [2.24, 2.45) is 0 Å². The first-order valence-corrected chi connectivity index (χ1v) is 25.0. The molecule has 0 radical (unpaired) electrons. The summed E-state index contributed by atoms with van der Waals surface area (Å²) in [4.78, 5) is 35.5. The van der Waals surface area contributed by atoms with Gasteiger partial charge in [0, 0.05) is 12.5 Å². The topological polar surface area (TPSA) is 210 Å². The predicted molar refractivity (Wildman–Crippen MR) is 239 cm³/mol. The molecule has 0 aromatic heterocycles. The van der Waals surface area contributed by atoms with Crippen LogP contribution in [0.4, 0.5) is 0 Å². The molecule has 0 aromatic carbocycles. The monoisotopic (exact) mass is 887 g/mol. The van der Waals surface area contributed by atoms with Crippen LogP contribution in [0.15, 0.2) is 48.6 Å². The number of esters is 2. The van der Waals surface area contributed by atoms with E-state index in [1.807, 2.05) is 12.2 Å². The molecule has 0 aliphatic heterocycles. The number of unbranched alkanes of at least 4 members (excludes halogenated alkanes) is 21. The number of aliphatic hydroxyl groups is 5. The molecule has 0 heterocycles. The maximum Gasteiger partial charge on any atom is 0.472 e. The first kappa shape index (κ1) is 56.8. The maximum absolute atomic E-state index is 12.8. The molecule has 14 heteroatoms. The third-order valence-corrected chi connectivity index (χ3v) is 11.7. The van der Waals surface area contributed by atoms with Crippen LogP contribution in [0.1, 0.15) is 181 Å². The minimum absolute atomic E-state index is 0.0830. The molecule has 1 aliphatic rings. The van der Waals surface area contributed by atoms with Gasteiger partial charge in [0.05, 0.1) is 6.61 Å². The zero-order valence-corrected chi connectivity index (χ0v) is 38.3. The summed E-state index contributed by atoms with van der Waals surface area (Å²) in [6, 6.07) is 0. The Morgan fingerprint density at radius 2 is 1.00 bits per heavy atom. The number of allylic oxidation sites excluding steroid dienone is 7. The van der Waals surface area contributed by atoms with Crippen LogP contribution < -0.4 is 0 Å². The number of carbonyl (C=O) groups is 2. The van der Waals surface area contributed by atoms with Gasteiger partial charge in [0.2, 0.25) is 0 Å². The summed E-state index contributed by atoms with van der Waals surface area (Å²) in [5.74, 6) is -1.40. The van der Waals surface area contributed by atoms with E-state index in [0.29, 0.717) is 12.8 Å². The molecular formula is C47H83O13P. The Kier molecular flexibility index (Phi) is 34.7. The molecule has 0 bridgehead atoms. The molecule has 6 N–H and O–H groups in total. The largest absolute Gasteiger partial charge is 0.472 e. The van der Waals surface area contributed by atoms with E-state index in [1.165, 1.54) is 122 Å². The second-order valence-electron chi connectivity index (χ2n) is 16.3. The fourth-order valence-corrected chi connectivity index (χ4v) is 7.91. The molecule has 0 amide bonds. The molecule has 0 spiro atoms. The minimum Gasteiger partial charge on any atom is -0.462 e. The molecular weight excluding hydrogens is 803 g/mol. The molecule has 354 valence electrons. The molecule has 0 saturated heterocycles. The summed E-state index contributed by atoms with van der Waals surface area (Å²) < 4.78 is 33.3. The van der Waals surface area contributed by atoms with Gasteiger partial charge in [-0.15, -0.1) is 0 Å². The number of rotatable bonds is 38. The second kappa shape index (κ2) is 37.2. The summed E-state index contributed by atoms with van der Waals surface area (Å²) in [6.07, 6.45) is 31.0. The van der Waals surface area contributed by atoms with Gasteiger partial charge < -0.3 is 39.9 Å². The summed E-state index contributed by atoms with van der Waals surface area (Å²) >= 11 is 0. The number of phosphoric acid groups is 1. The van der Waals surface area contributed by atoms with E-state index in [4.69, 9.17) is 18.5 Å². The third-order valence-electron chi connectivity index (χ3n) is 10.7. The Morgan fingerprint density at radius 3 is 1.51 bits per heavy atom. The van der Waals surface area contributed by atoms with Gasteiger partial charge in [-0.3, -0.25) is 13.8 Å². The van der Waals surface area contributed by atoms with Gasteiger partial charge >= 0.3 is 19.8 Å². The molecule has 1 saturated carbocycles. The van der Waals surface area contributed by atoms with Crippen molar-refractivity contribution in [1.29, 1.82) is 0 Å². The first-order chi connectivity index (χ1) is 29.4. The Bertz CT molecular complexity index is 1250. The van der Waals surface area contributed by atoms with Crippen LogP contribution in [0.5, 0.6) is 0 Å². The van der Waals surface area contributed by atoms with Gasteiger partial charge in [-0.2, -0.15) is 0 Å². The average molecular weight is 887 g/mol. The van der Waals surface area contributed by atoms with E-state index < -0.39 is 75.7 Å². The molecule has 6 unspecified atom stereocenters. The van der Waals surface area contributed by atoms with E-state index in [9.17, 15) is 44.6 Å². The molecule has 13 nitrogen and oxygen atoms in total. The summed E-state index contributed by atoms with van der Waals surface area (Å²) in [7, 11) is -5.15. The quantitative estimate of drug-likeness (QED) is 0.00854. The highest BCUT2D eigenvalue weighted by Gasteiger charge is 2.51. The second-order valence-corrected chi connectivity index (χ2v) is 17.7. The van der Waals surface area contributed by atoms with Crippen molar-refractivity contribution in [3.8, 4) is 0 Å². The van der Waals surface area contributed by atoms with Crippen molar-refractivity contribution in [3.63, 3.8) is 0 Å². The van der Waals surface area contributed by atoms with E-state index in [-0.39, 0.29) is 6.42 Å². The van der Waals surface area contributed by atoms with Gasteiger partial charge in [0.25, 0.3) is 0 Å². The fraction of sp³-hybridized carbons (Fsp3) is 0.787. The Morgan fingerprint density at radius 1 is 0.557 bits per heavy atom. The Labute approximate surface area is 367 Å². The predicted octanol–water partition coefficient (Wildman–Crippen LogP) is 9.17. The molecule has 0 aromatic rings. The molecule has 1 rings (SSSR count). The van der Waals surface area contributed by atoms with Crippen LogP contribution in [-0.2, 0) is 32.7 Å². The van der Waals surface area contributed by atoms with Crippen molar-refractivity contribution in [1.82, 2.24) is 0 Å². The normalized spacial score (nSPS) is 22.4. The number of aliphatic hydroxyl groups excluding tert-OH is 5. The van der Waals surface area contributed by atoms with E-state index in [1.54, 1.807) is 6.08 Å². The standard InChI is InChI=1S/C47H83O13P/c1-3-5-7-9-11-13-15-17-19-20-22-23-25-27-29-31-33-35-40(48)57-37-39(38-58-61(55,56)60-47-45(53)43(51)42(50)44(52)46(47)54)59-41(49)36-34-32-30-28-26-24-21-18-16-14-12-10-8-6-4-2/h22-23,27,29-30,32,34,36,39,42-47,50-54H,3-21,24-26,28,31,33,35,37-38H2,1-2H3,(H,55,56)/b23-22+,29-27+,32-30+,36-34+/t39-,42?,43-,44?,45?,46?,47?/m0/s1. The number of hydrogen-bond acceptors (Lipinski definition) is 12. The van der Waals surface area contributed by atoms with Crippen molar-refractivity contribution in [2.75, 3.05) is 13.2 Å². The highest BCUT2D eigenvalue weighted by Crippen LogP contribution is 2.47. The van der Waals surface area contributed by atoms with Gasteiger partial charge in [-0.25, -0.2) is 9.36 Å². The number of carbonyl (C=O) groups excluding carboxylic acids is 2. The molecule has 8 atom stereocenters. The molecule has 1 aliphatic carbocycles. The van der Waals surface area contributed by atoms with Gasteiger partial charge in [0.1, 0.15) is 43.2 Å². The van der Waals surface area contributed by atoms with Crippen molar-refractivity contribution < 1.29 is 63.1 Å². The zero-order chi connectivity index (χ0) is 45.0. The van der Waals surface area contributed by atoms with Crippen LogP contribution in [0, 0.1) is 0 Å². The van der Waals surface area contributed by atoms with Gasteiger partial charge in [-0.05, 0) is 44.9 Å². The molecule has 61 heavy (non-hydrogen) atoms. The van der Waals surface area contributed by atoms with Crippen molar-refractivity contribution in [2.45, 2.75) is 224 Å². The zero-order valence-electron chi connectivity index (χ0n) is 37.4. The third kappa shape index (κ3) is 29.7. The lowest BCUT2D eigenvalue weighted by Crippen LogP contribution is -2.64. The SMILES string of the molecule is CCCCCCCCCCC/C=C/C/C=C/CCCC(=O)OC[C@@H](COP(=O)(O)OC1C(O)C(O)C(O)[C@H](O)C1O)OC(=O)/C=C/C=C/CCCCCCCCCCCCC. The summed E-state index contributed by atoms with van der Waals surface area (Å²) in [5, 5.41) is 50.1. The van der Waals surface area contributed by atoms with Crippen LogP contribution in [0.3, 0.4) is 0 Å². The van der Waals surface area contributed by atoms with E-state index in [2.05, 4.69) is 32.1 Å². The number of hydrogen-bond donors (Lipinski definition) is 6. The van der Waals surface area contributed by atoms with Crippen LogP contribution in [0.2, 0.25) is 0 Å². The minimum atomic E-state index is -5.15. The Balaban J connectivity index is 2.53. The lowest BCUT2D eigenvalue weighted by atomic mass is 9.85. The molecule has 1 fully saturated rings. The van der Waals surface area contributed by atoms with E-state index in [0.717, 1.165) is 38.2 Å². The van der Waals surface area contributed by atoms with E-state index >= 15 is 0 Å². The van der Waals surface area contributed by atoms with Crippen molar-refractivity contribution in [3.05, 3.63) is 48.6 Å². The van der Waals surface area contributed by atoms with Crippen LogP contribution in [-0.4, -0.2) is 98.3 Å². The number of phosphoric ester groups is 1. The van der Waals surface area contributed by atoms with Crippen LogP contribution in [0.25, 0.3) is 0 Å². The summed E-state index contributed by atoms with van der Waals surface area (Å²) in [5.41, 5.74) is 0. The highest BCUT2D eigenvalue weighted by atomic mass is 31.2. The smallest absolute Gasteiger partial charge is 0.462 e. The lowest BCUT2D eigenvalue weighted by molar-refractivity contribution is -0.220. The number of ether oxygens (including phenoxy) is 2.